The molecule has 0 aliphatic carbocycles. The Kier molecular flexibility index (Phi) is 5.08. The molecule has 1 N–H and O–H groups in total. The van der Waals surface area contributed by atoms with E-state index < -0.39 is 11.9 Å². The first-order valence-corrected chi connectivity index (χ1v) is 7.75. The predicted octanol–water partition coefficient (Wildman–Crippen LogP) is 2.97. The Morgan fingerprint density at radius 3 is 2.67 bits per heavy atom. The highest BCUT2D eigenvalue weighted by Gasteiger charge is 2.33. The van der Waals surface area contributed by atoms with Crippen molar-refractivity contribution in [3.05, 3.63) is 16.1 Å². The van der Waals surface area contributed by atoms with E-state index >= 15 is 0 Å². The lowest BCUT2D eigenvalue weighted by molar-refractivity contribution is -0.140. The minimum absolute atomic E-state index is 0.263. The van der Waals surface area contributed by atoms with Crippen molar-refractivity contribution >= 4 is 17.3 Å². The van der Waals surface area contributed by atoms with Gasteiger partial charge in [-0.05, 0) is 18.8 Å². The van der Waals surface area contributed by atoms with Gasteiger partial charge in [0, 0.05) is 25.5 Å². The zero-order valence-electron chi connectivity index (χ0n) is 12.1. The van der Waals surface area contributed by atoms with Crippen LogP contribution in [0.5, 0.6) is 0 Å². The summed E-state index contributed by atoms with van der Waals surface area (Å²) in [5.41, 5.74) is -0.828. The van der Waals surface area contributed by atoms with Crippen molar-refractivity contribution in [2.45, 2.75) is 32.5 Å². The number of guanidine groups is 1. The summed E-state index contributed by atoms with van der Waals surface area (Å²) in [4.78, 5) is 9.93. The van der Waals surface area contributed by atoms with Crippen LogP contribution in [0.1, 0.15) is 30.5 Å². The van der Waals surface area contributed by atoms with E-state index in [1.165, 1.54) is 0 Å². The minimum Gasteiger partial charge on any atom is -0.350 e. The molecule has 0 spiro atoms. The molecule has 0 radical (unpaired) electrons. The molecule has 4 nitrogen and oxygen atoms in total. The second-order valence-electron chi connectivity index (χ2n) is 5.19. The molecule has 1 aromatic rings. The first-order valence-electron chi connectivity index (χ1n) is 6.87. The Hall–Kier alpha value is -1.31. The third-order valence-electron chi connectivity index (χ3n) is 3.53. The third-order valence-corrected chi connectivity index (χ3v) is 4.38. The maximum absolute atomic E-state index is 12.5. The molecule has 0 amide bonds. The molecule has 1 aromatic heterocycles. The van der Waals surface area contributed by atoms with Crippen molar-refractivity contribution in [3.63, 3.8) is 0 Å². The zero-order valence-corrected chi connectivity index (χ0v) is 12.9. The average molecular weight is 320 g/mol. The minimum atomic E-state index is -4.38. The van der Waals surface area contributed by atoms with Crippen LogP contribution in [0.3, 0.4) is 0 Å². The maximum Gasteiger partial charge on any atom is 0.434 e. The Morgan fingerprint density at radius 1 is 1.48 bits per heavy atom. The fourth-order valence-electron chi connectivity index (χ4n) is 2.23. The maximum atomic E-state index is 12.5. The van der Waals surface area contributed by atoms with Gasteiger partial charge >= 0.3 is 6.18 Å². The van der Waals surface area contributed by atoms with Crippen LogP contribution in [0.4, 0.5) is 13.2 Å². The van der Waals surface area contributed by atoms with E-state index in [0.29, 0.717) is 10.9 Å². The number of aromatic nitrogens is 1. The normalized spacial score (nSPS) is 18.1. The van der Waals surface area contributed by atoms with E-state index in [1.807, 2.05) is 0 Å². The van der Waals surface area contributed by atoms with Crippen LogP contribution in [0.15, 0.2) is 10.4 Å². The first-order chi connectivity index (χ1) is 9.90. The molecular formula is C13H19F3N4S. The van der Waals surface area contributed by atoms with Gasteiger partial charge < -0.3 is 10.2 Å². The van der Waals surface area contributed by atoms with Gasteiger partial charge in [0.2, 0.25) is 0 Å². The summed E-state index contributed by atoms with van der Waals surface area (Å²) >= 11 is 1.01. The molecule has 2 rings (SSSR count). The summed E-state index contributed by atoms with van der Waals surface area (Å²) in [7, 11) is 1.68. The van der Waals surface area contributed by atoms with Gasteiger partial charge in [0.15, 0.2) is 11.7 Å². The molecule has 21 heavy (non-hydrogen) atoms. The highest BCUT2D eigenvalue weighted by Crippen LogP contribution is 2.29. The van der Waals surface area contributed by atoms with E-state index in [2.05, 4.69) is 27.1 Å². The molecule has 0 saturated carbocycles. The topological polar surface area (TPSA) is 40.5 Å². The SMILES string of the molecule is CN=C(NCc1nc(C(F)(F)F)cs1)N1CCC(C)CC1. The molecule has 1 fully saturated rings. The summed E-state index contributed by atoms with van der Waals surface area (Å²) in [5, 5.41) is 4.55. The molecular weight excluding hydrogens is 301 g/mol. The van der Waals surface area contributed by atoms with E-state index in [9.17, 15) is 13.2 Å². The van der Waals surface area contributed by atoms with Gasteiger partial charge in [-0.25, -0.2) is 4.98 Å². The Bertz CT molecular complexity index is 490. The molecule has 1 aliphatic rings. The quantitative estimate of drug-likeness (QED) is 0.673. The van der Waals surface area contributed by atoms with Crippen LogP contribution >= 0.6 is 11.3 Å². The Balaban J connectivity index is 1.90. The average Bonchev–Trinajstić information content (AvgIpc) is 2.90. The van der Waals surface area contributed by atoms with Gasteiger partial charge in [0.1, 0.15) is 5.01 Å². The third kappa shape index (κ3) is 4.33. The van der Waals surface area contributed by atoms with Gasteiger partial charge in [-0.2, -0.15) is 13.2 Å². The molecule has 0 atom stereocenters. The summed E-state index contributed by atoms with van der Waals surface area (Å²) in [6.07, 6.45) is -2.16. The van der Waals surface area contributed by atoms with Gasteiger partial charge in [0.05, 0.1) is 6.54 Å². The second-order valence-corrected chi connectivity index (χ2v) is 6.14. The van der Waals surface area contributed by atoms with Crippen LogP contribution in [-0.2, 0) is 12.7 Å². The number of nitrogens with one attached hydrogen (secondary N) is 1. The second kappa shape index (κ2) is 6.64. The number of aliphatic imine (C=N–C) groups is 1. The number of halogens is 3. The van der Waals surface area contributed by atoms with Crippen LogP contribution < -0.4 is 5.32 Å². The van der Waals surface area contributed by atoms with Crippen molar-refractivity contribution in [3.8, 4) is 0 Å². The summed E-state index contributed by atoms with van der Waals surface area (Å²) in [6.45, 7) is 4.33. The number of hydrogen-bond acceptors (Lipinski definition) is 3. The number of likely N-dealkylation sites (tertiary alicyclic amines) is 1. The van der Waals surface area contributed by atoms with Gasteiger partial charge in [-0.15, -0.1) is 11.3 Å². The van der Waals surface area contributed by atoms with Crippen molar-refractivity contribution in [2.24, 2.45) is 10.9 Å². The first kappa shape index (κ1) is 16.1. The molecule has 0 aromatic carbocycles. The fraction of sp³-hybridized carbons (Fsp3) is 0.692. The largest absolute Gasteiger partial charge is 0.434 e. The van der Waals surface area contributed by atoms with Gasteiger partial charge in [-0.3, -0.25) is 4.99 Å². The Morgan fingerprint density at radius 2 is 2.14 bits per heavy atom. The summed E-state index contributed by atoms with van der Waals surface area (Å²) in [6, 6.07) is 0. The van der Waals surface area contributed by atoms with Crippen LogP contribution in [-0.4, -0.2) is 36.0 Å². The monoisotopic (exact) mass is 320 g/mol. The summed E-state index contributed by atoms with van der Waals surface area (Å²) in [5.74, 6) is 1.44. The number of piperidine rings is 1. The smallest absolute Gasteiger partial charge is 0.350 e. The molecule has 0 bridgehead atoms. The standard InChI is InChI=1S/C13H19F3N4S/c1-9-3-5-20(6-4-9)12(17-2)18-7-11-19-10(8-21-11)13(14,15)16/h8-9H,3-7H2,1-2H3,(H,17,18). The molecule has 8 heteroatoms. The molecule has 2 heterocycles. The Labute approximate surface area is 126 Å². The number of alkyl halides is 3. The van der Waals surface area contributed by atoms with Crippen molar-refractivity contribution in [2.75, 3.05) is 20.1 Å². The van der Waals surface area contributed by atoms with E-state index in [1.54, 1.807) is 7.05 Å². The van der Waals surface area contributed by atoms with Gasteiger partial charge in [-0.1, -0.05) is 6.92 Å². The number of rotatable bonds is 2. The highest BCUT2D eigenvalue weighted by molar-refractivity contribution is 7.09. The fourth-order valence-corrected chi connectivity index (χ4v) is 2.97. The molecule has 0 unspecified atom stereocenters. The number of thiazole rings is 1. The van der Waals surface area contributed by atoms with Crippen LogP contribution in [0.25, 0.3) is 0 Å². The van der Waals surface area contributed by atoms with E-state index in [4.69, 9.17) is 0 Å². The summed E-state index contributed by atoms with van der Waals surface area (Å²) < 4.78 is 37.5. The molecule has 118 valence electrons. The van der Waals surface area contributed by atoms with Crippen molar-refractivity contribution in [1.82, 2.24) is 15.2 Å². The van der Waals surface area contributed by atoms with Crippen molar-refractivity contribution < 1.29 is 13.2 Å². The van der Waals surface area contributed by atoms with Crippen LogP contribution in [0.2, 0.25) is 0 Å². The molecule has 1 saturated heterocycles. The molecule has 1 aliphatic heterocycles. The van der Waals surface area contributed by atoms with E-state index in [0.717, 1.165) is 48.6 Å². The number of nitrogens with zero attached hydrogens (tertiary/aromatic N) is 3. The number of hydrogen-bond donors (Lipinski definition) is 1. The lowest BCUT2D eigenvalue weighted by Crippen LogP contribution is -2.45. The highest BCUT2D eigenvalue weighted by atomic mass is 32.1. The lowest BCUT2D eigenvalue weighted by Gasteiger charge is -2.32. The van der Waals surface area contributed by atoms with E-state index in [-0.39, 0.29) is 6.54 Å². The van der Waals surface area contributed by atoms with Crippen molar-refractivity contribution in [1.29, 1.82) is 0 Å². The zero-order chi connectivity index (χ0) is 15.5. The lowest BCUT2D eigenvalue weighted by atomic mass is 10.00. The van der Waals surface area contributed by atoms with Gasteiger partial charge in [0.25, 0.3) is 0 Å². The predicted molar refractivity (Wildman–Crippen MR) is 77.3 cm³/mol. The van der Waals surface area contributed by atoms with Crippen LogP contribution in [0, 0.1) is 5.92 Å².